The molecule has 9 nitrogen and oxygen atoms in total. The number of thioether (sulfide) groups is 1. The highest BCUT2D eigenvalue weighted by Crippen LogP contribution is 2.19. The second kappa shape index (κ2) is 10.3. The lowest BCUT2D eigenvalue weighted by molar-refractivity contribution is 0.387. The molecule has 0 saturated carbocycles. The molecule has 0 aliphatic carbocycles. The van der Waals surface area contributed by atoms with Gasteiger partial charge in [-0.15, -0.1) is 10.2 Å². The Morgan fingerprint density at radius 1 is 1.37 bits per heavy atom. The molecule has 0 spiro atoms. The van der Waals surface area contributed by atoms with Gasteiger partial charge >= 0.3 is 0 Å². The normalized spacial score (nSPS) is 18.8. The number of aryl methyl sites for hydroxylation is 1. The summed E-state index contributed by atoms with van der Waals surface area (Å²) in [7, 11) is -1.25. The summed E-state index contributed by atoms with van der Waals surface area (Å²) in [6.45, 7) is 4.26. The summed E-state index contributed by atoms with van der Waals surface area (Å²) >= 11 is 1.81. The number of nitrogens with one attached hydrogen (secondary N) is 2. The quantitative estimate of drug-likeness (QED) is 0.339. The van der Waals surface area contributed by atoms with E-state index in [9.17, 15) is 8.42 Å². The Hall–Kier alpha value is -1.33. The topological polar surface area (TPSA) is 105 Å². The lowest BCUT2D eigenvalue weighted by Gasteiger charge is -2.23. The van der Waals surface area contributed by atoms with Crippen molar-refractivity contribution in [3.63, 3.8) is 0 Å². The lowest BCUT2D eigenvalue weighted by Crippen LogP contribution is -2.46. The number of sulfonamides is 1. The maximum atomic E-state index is 11.9. The first-order chi connectivity index (χ1) is 12.8. The monoisotopic (exact) mass is 417 g/mol. The van der Waals surface area contributed by atoms with Crippen LogP contribution in [-0.4, -0.2) is 77.4 Å². The Bertz CT molecular complexity index is 733. The van der Waals surface area contributed by atoms with Crippen molar-refractivity contribution in [1.29, 1.82) is 0 Å². The number of nitrogens with zero attached hydrogens (tertiary/aromatic N) is 5. The van der Waals surface area contributed by atoms with E-state index in [-0.39, 0.29) is 6.04 Å². The molecule has 27 heavy (non-hydrogen) atoms. The van der Waals surface area contributed by atoms with Gasteiger partial charge in [0.1, 0.15) is 12.4 Å². The summed E-state index contributed by atoms with van der Waals surface area (Å²) in [5.74, 6) is 3.39. The summed E-state index contributed by atoms with van der Waals surface area (Å²) in [5.41, 5.74) is 0. The molecule has 0 radical (unpaired) electrons. The van der Waals surface area contributed by atoms with Gasteiger partial charge in [-0.05, 0) is 38.2 Å². The Morgan fingerprint density at radius 2 is 2.15 bits per heavy atom. The zero-order valence-corrected chi connectivity index (χ0v) is 18.2. The van der Waals surface area contributed by atoms with Crippen LogP contribution in [-0.2, 0) is 23.6 Å². The third kappa shape index (κ3) is 6.65. The molecule has 0 aromatic carbocycles. The first-order valence-electron chi connectivity index (χ1n) is 9.15. The number of guanidine groups is 1. The van der Waals surface area contributed by atoms with Crippen LogP contribution in [0, 0.1) is 6.92 Å². The van der Waals surface area contributed by atoms with Crippen molar-refractivity contribution in [1.82, 2.24) is 29.7 Å². The molecule has 1 aromatic heterocycles. The van der Waals surface area contributed by atoms with Crippen LogP contribution in [0.1, 0.15) is 30.9 Å². The first-order valence-corrected chi connectivity index (χ1v) is 12.4. The Morgan fingerprint density at radius 3 is 2.78 bits per heavy atom. The van der Waals surface area contributed by atoms with Gasteiger partial charge in [0.15, 0.2) is 11.8 Å². The number of aromatic nitrogens is 3. The van der Waals surface area contributed by atoms with Gasteiger partial charge in [0.2, 0.25) is 10.0 Å². The standard InChI is InChI=1S/C16H31N7O2S2/c1-13-20-21-15(22(13)2)12-19-16(17-8-6-10-26-3)18-11-14-7-5-9-23(14)27(4,24)25/h14H,5-12H2,1-4H3,(H2,17,18,19)/t14-/m1/s1. The Balaban J connectivity index is 1.98. The van der Waals surface area contributed by atoms with Gasteiger partial charge in [0.05, 0.1) is 6.26 Å². The molecule has 0 amide bonds. The van der Waals surface area contributed by atoms with Crippen LogP contribution in [0.4, 0.5) is 0 Å². The van der Waals surface area contributed by atoms with Gasteiger partial charge in [0.25, 0.3) is 0 Å². The van der Waals surface area contributed by atoms with E-state index in [2.05, 4.69) is 32.1 Å². The summed E-state index contributed by atoms with van der Waals surface area (Å²) < 4.78 is 27.3. The van der Waals surface area contributed by atoms with Crippen LogP contribution in [0.3, 0.4) is 0 Å². The van der Waals surface area contributed by atoms with Crippen molar-refractivity contribution in [3.8, 4) is 0 Å². The van der Waals surface area contributed by atoms with Crippen LogP contribution in [0.2, 0.25) is 0 Å². The van der Waals surface area contributed by atoms with E-state index in [1.54, 1.807) is 4.31 Å². The minimum atomic E-state index is -3.17. The van der Waals surface area contributed by atoms with Gasteiger partial charge in [0, 0.05) is 32.7 Å². The summed E-state index contributed by atoms with van der Waals surface area (Å²) in [5, 5.41) is 14.8. The van der Waals surface area contributed by atoms with Gasteiger partial charge in [-0.25, -0.2) is 13.4 Å². The molecule has 1 saturated heterocycles. The van der Waals surface area contributed by atoms with Gasteiger partial charge in [-0.1, -0.05) is 0 Å². The fraction of sp³-hybridized carbons (Fsp3) is 0.812. The zero-order chi connectivity index (χ0) is 19.9. The second-order valence-electron chi connectivity index (χ2n) is 6.71. The molecule has 1 fully saturated rings. The van der Waals surface area contributed by atoms with E-state index >= 15 is 0 Å². The Labute approximate surface area is 166 Å². The largest absolute Gasteiger partial charge is 0.356 e. The molecule has 1 aromatic rings. The first kappa shape index (κ1) is 22.0. The molecule has 11 heteroatoms. The van der Waals surface area contributed by atoms with Crippen LogP contribution < -0.4 is 10.6 Å². The van der Waals surface area contributed by atoms with E-state index < -0.39 is 10.0 Å². The summed E-state index contributed by atoms with van der Waals surface area (Å²) in [6.07, 6.45) is 6.15. The number of aliphatic imine (C=N–C) groups is 1. The smallest absolute Gasteiger partial charge is 0.211 e. The molecule has 2 heterocycles. The van der Waals surface area contributed by atoms with Crippen molar-refractivity contribution >= 4 is 27.7 Å². The highest BCUT2D eigenvalue weighted by Gasteiger charge is 2.31. The maximum Gasteiger partial charge on any atom is 0.211 e. The van der Waals surface area contributed by atoms with E-state index in [1.165, 1.54) is 6.26 Å². The lowest BCUT2D eigenvalue weighted by atomic mass is 10.2. The highest BCUT2D eigenvalue weighted by molar-refractivity contribution is 7.98. The van der Waals surface area contributed by atoms with Crippen molar-refractivity contribution in [2.24, 2.45) is 12.0 Å². The SMILES string of the molecule is CSCCCNC(=NCc1nnc(C)n1C)NC[C@H]1CCCN1S(C)(=O)=O. The third-order valence-electron chi connectivity index (χ3n) is 4.63. The van der Waals surface area contributed by atoms with Gasteiger partial charge < -0.3 is 15.2 Å². The summed E-state index contributed by atoms with van der Waals surface area (Å²) in [4.78, 5) is 4.61. The molecule has 1 atom stereocenters. The van der Waals surface area contributed by atoms with E-state index in [0.717, 1.165) is 43.2 Å². The van der Waals surface area contributed by atoms with Crippen molar-refractivity contribution in [3.05, 3.63) is 11.6 Å². The fourth-order valence-corrected chi connectivity index (χ4v) is 4.62. The highest BCUT2D eigenvalue weighted by atomic mass is 32.2. The predicted molar refractivity (Wildman–Crippen MR) is 110 cm³/mol. The fourth-order valence-electron chi connectivity index (χ4n) is 3.00. The average Bonchev–Trinajstić information content (AvgIpc) is 3.21. The van der Waals surface area contributed by atoms with Crippen LogP contribution in [0.15, 0.2) is 4.99 Å². The molecular formula is C16H31N7O2S2. The third-order valence-corrected chi connectivity index (χ3v) is 6.66. The number of rotatable bonds is 9. The molecule has 0 unspecified atom stereocenters. The van der Waals surface area contributed by atoms with Crippen LogP contribution in [0.5, 0.6) is 0 Å². The molecule has 2 N–H and O–H groups in total. The summed E-state index contributed by atoms with van der Waals surface area (Å²) in [6, 6.07) is -0.0322. The molecule has 0 bridgehead atoms. The van der Waals surface area contributed by atoms with Crippen molar-refractivity contribution in [2.75, 3.05) is 37.9 Å². The predicted octanol–water partition coefficient (Wildman–Crippen LogP) is 0.336. The van der Waals surface area contributed by atoms with Crippen LogP contribution in [0.25, 0.3) is 0 Å². The molecule has 2 rings (SSSR count). The van der Waals surface area contributed by atoms with E-state index in [0.29, 0.717) is 25.6 Å². The average molecular weight is 418 g/mol. The minimum Gasteiger partial charge on any atom is -0.356 e. The molecular weight excluding hydrogens is 386 g/mol. The van der Waals surface area contributed by atoms with E-state index in [1.807, 2.05) is 30.3 Å². The van der Waals surface area contributed by atoms with Crippen molar-refractivity contribution in [2.45, 2.75) is 38.8 Å². The molecule has 1 aliphatic heterocycles. The van der Waals surface area contributed by atoms with E-state index in [4.69, 9.17) is 0 Å². The molecule has 154 valence electrons. The van der Waals surface area contributed by atoms with Gasteiger partial charge in [-0.2, -0.15) is 16.1 Å². The molecule has 1 aliphatic rings. The Kier molecular flexibility index (Phi) is 8.36. The number of hydrogen-bond donors (Lipinski definition) is 2. The number of hydrogen-bond acceptors (Lipinski definition) is 6. The minimum absolute atomic E-state index is 0.0322. The maximum absolute atomic E-state index is 11.9. The van der Waals surface area contributed by atoms with Crippen LogP contribution >= 0.6 is 11.8 Å². The van der Waals surface area contributed by atoms with Gasteiger partial charge in [-0.3, -0.25) is 0 Å². The zero-order valence-electron chi connectivity index (χ0n) is 16.6. The second-order valence-corrected chi connectivity index (χ2v) is 9.63. The van der Waals surface area contributed by atoms with Crippen molar-refractivity contribution < 1.29 is 8.42 Å².